The van der Waals surface area contributed by atoms with E-state index >= 15 is 0 Å². The molecule has 3 nitrogen and oxygen atoms in total. The van der Waals surface area contributed by atoms with Crippen LogP contribution in [0.5, 0.6) is 0 Å². The maximum Gasteiger partial charge on any atom is 0.235 e. The number of pyridine rings is 1. The molecule has 0 atom stereocenters. The molecule has 1 heterocycles. The Hall–Kier alpha value is -1.81. The lowest BCUT2D eigenvalue weighted by atomic mass is 10.2. The minimum atomic E-state index is -0.0189. The molecule has 0 saturated heterocycles. The maximum absolute atomic E-state index is 11.6. The Morgan fingerprint density at radius 1 is 1.11 bits per heavy atom. The highest BCUT2D eigenvalue weighted by molar-refractivity contribution is 7.99. The number of amides is 1. The van der Waals surface area contributed by atoms with E-state index in [1.165, 1.54) is 5.56 Å². The van der Waals surface area contributed by atoms with Crippen molar-refractivity contribution < 1.29 is 4.79 Å². The summed E-state index contributed by atoms with van der Waals surface area (Å²) in [7, 11) is 0. The van der Waals surface area contributed by atoms with E-state index in [0.717, 1.165) is 5.75 Å². The minimum absolute atomic E-state index is 0.0189. The van der Waals surface area contributed by atoms with Crippen molar-refractivity contribution in [2.45, 2.75) is 5.75 Å². The van der Waals surface area contributed by atoms with Crippen LogP contribution in [0.2, 0.25) is 0 Å². The van der Waals surface area contributed by atoms with Gasteiger partial charge in [-0.25, -0.2) is 4.98 Å². The van der Waals surface area contributed by atoms with Crippen molar-refractivity contribution in [3.63, 3.8) is 0 Å². The van der Waals surface area contributed by atoms with Crippen LogP contribution in [0.1, 0.15) is 5.56 Å². The molecule has 0 saturated carbocycles. The largest absolute Gasteiger partial charge is 0.310 e. The summed E-state index contributed by atoms with van der Waals surface area (Å²) in [5.74, 6) is 1.86. The van der Waals surface area contributed by atoms with Crippen LogP contribution in [0, 0.1) is 0 Å². The fraction of sp³-hybridized carbons (Fsp3) is 0.143. The number of carbonyl (C=O) groups excluding carboxylic acids is 1. The summed E-state index contributed by atoms with van der Waals surface area (Å²) in [6.45, 7) is 0. The minimum Gasteiger partial charge on any atom is -0.310 e. The Balaban J connectivity index is 1.73. The van der Waals surface area contributed by atoms with Crippen molar-refractivity contribution in [2.75, 3.05) is 11.1 Å². The monoisotopic (exact) mass is 258 g/mol. The summed E-state index contributed by atoms with van der Waals surface area (Å²) < 4.78 is 0. The first-order valence-corrected chi connectivity index (χ1v) is 6.82. The van der Waals surface area contributed by atoms with E-state index in [-0.39, 0.29) is 5.91 Å². The molecule has 0 radical (unpaired) electrons. The van der Waals surface area contributed by atoms with E-state index in [1.807, 2.05) is 30.3 Å². The molecule has 0 unspecified atom stereocenters. The third-order valence-electron chi connectivity index (χ3n) is 2.28. The first-order valence-electron chi connectivity index (χ1n) is 5.67. The third kappa shape index (κ3) is 4.22. The zero-order chi connectivity index (χ0) is 12.6. The molecule has 0 spiro atoms. The lowest BCUT2D eigenvalue weighted by Crippen LogP contribution is -2.14. The molecule has 0 aliphatic carbocycles. The van der Waals surface area contributed by atoms with Crippen molar-refractivity contribution in [3.05, 3.63) is 60.3 Å². The van der Waals surface area contributed by atoms with Crippen LogP contribution in [0.15, 0.2) is 54.7 Å². The average molecular weight is 258 g/mol. The number of anilines is 1. The number of nitrogens with zero attached hydrogens (tertiary/aromatic N) is 1. The van der Waals surface area contributed by atoms with Crippen LogP contribution in [-0.2, 0) is 10.5 Å². The van der Waals surface area contributed by atoms with Gasteiger partial charge < -0.3 is 5.32 Å². The van der Waals surface area contributed by atoms with Crippen LogP contribution in [-0.4, -0.2) is 16.6 Å². The van der Waals surface area contributed by atoms with E-state index in [9.17, 15) is 4.79 Å². The highest BCUT2D eigenvalue weighted by atomic mass is 32.2. The summed E-state index contributed by atoms with van der Waals surface area (Å²) in [5, 5.41) is 2.76. The Morgan fingerprint density at radius 2 is 1.89 bits per heavy atom. The van der Waals surface area contributed by atoms with E-state index < -0.39 is 0 Å². The molecule has 2 rings (SSSR count). The average Bonchev–Trinajstić information content (AvgIpc) is 2.41. The van der Waals surface area contributed by atoms with Gasteiger partial charge in [0, 0.05) is 11.9 Å². The first kappa shape index (κ1) is 12.6. The second-order valence-electron chi connectivity index (χ2n) is 3.74. The lowest BCUT2D eigenvalue weighted by molar-refractivity contribution is -0.113. The van der Waals surface area contributed by atoms with Gasteiger partial charge in [-0.05, 0) is 17.7 Å². The Bertz CT molecular complexity index is 488. The highest BCUT2D eigenvalue weighted by Crippen LogP contribution is 2.12. The number of nitrogens with one attached hydrogen (secondary N) is 1. The van der Waals surface area contributed by atoms with Gasteiger partial charge in [-0.2, -0.15) is 0 Å². The topological polar surface area (TPSA) is 42.0 Å². The summed E-state index contributed by atoms with van der Waals surface area (Å²) in [4.78, 5) is 15.7. The number of carbonyl (C=O) groups is 1. The number of benzene rings is 1. The fourth-order valence-electron chi connectivity index (χ4n) is 1.45. The molecule has 1 aromatic carbocycles. The zero-order valence-corrected chi connectivity index (χ0v) is 10.7. The van der Waals surface area contributed by atoms with Gasteiger partial charge in [-0.15, -0.1) is 11.8 Å². The van der Waals surface area contributed by atoms with Gasteiger partial charge in [0.1, 0.15) is 5.82 Å². The molecule has 4 heteroatoms. The van der Waals surface area contributed by atoms with Gasteiger partial charge in [0.15, 0.2) is 0 Å². The molecule has 92 valence electrons. The summed E-state index contributed by atoms with van der Waals surface area (Å²) >= 11 is 1.59. The summed E-state index contributed by atoms with van der Waals surface area (Å²) in [5.41, 5.74) is 1.23. The van der Waals surface area contributed by atoms with Gasteiger partial charge in [0.2, 0.25) is 5.91 Å². The zero-order valence-electron chi connectivity index (χ0n) is 9.87. The fourth-order valence-corrected chi connectivity index (χ4v) is 2.24. The Labute approximate surface area is 111 Å². The standard InChI is InChI=1S/C14H14N2OS/c17-14(16-13-8-4-5-9-15-13)11-18-10-12-6-2-1-3-7-12/h1-9H,10-11H2,(H,15,16,17). The van der Waals surface area contributed by atoms with E-state index in [0.29, 0.717) is 11.6 Å². The predicted octanol–water partition coefficient (Wildman–Crippen LogP) is 2.95. The van der Waals surface area contributed by atoms with Crippen molar-refractivity contribution in [3.8, 4) is 0 Å². The predicted molar refractivity (Wildman–Crippen MR) is 75.5 cm³/mol. The first-order chi connectivity index (χ1) is 8.84. The van der Waals surface area contributed by atoms with Crippen LogP contribution in [0.25, 0.3) is 0 Å². The summed E-state index contributed by atoms with van der Waals surface area (Å²) in [6, 6.07) is 15.6. The van der Waals surface area contributed by atoms with Crippen LogP contribution >= 0.6 is 11.8 Å². The van der Waals surface area contributed by atoms with Crippen LogP contribution in [0.3, 0.4) is 0 Å². The Morgan fingerprint density at radius 3 is 2.61 bits per heavy atom. The molecule has 0 bridgehead atoms. The number of aromatic nitrogens is 1. The molecule has 18 heavy (non-hydrogen) atoms. The lowest BCUT2D eigenvalue weighted by Gasteiger charge is -2.04. The number of thioether (sulfide) groups is 1. The van der Waals surface area contributed by atoms with Gasteiger partial charge in [-0.3, -0.25) is 4.79 Å². The van der Waals surface area contributed by atoms with E-state index in [1.54, 1.807) is 24.0 Å². The third-order valence-corrected chi connectivity index (χ3v) is 3.28. The van der Waals surface area contributed by atoms with Crippen molar-refractivity contribution in [1.29, 1.82) is 0 Å². The SMILES string of the molecule is O=C(CSCc1ccccc1)Nc1ccccn1. The van der Waals surface area contributed by atoms with E-state index in [2.05, 4.69) is 22.4 Å². The molecule has 1 amide bonds. The van der Waals surface area contributed by atoms with Crippen molar-refractivity contribution in [1.82, 2.24) is 4.98 Å². The van der Waals surface area contributed by atoms with Gasteiger partial charge in [-0.1, -0.05) is 36.4 Å². The quantitative estimate of drug-likeness (QED) is 0.896. The molecule has 2 aromatic rings. The molecule has 1 aromatic heterocycles. The molecular weight excluding hydrogens is 244 g/mol. The van der Waals surface area contributed by atoms with Crippen LogP contribution < -0.4 is 5.32 Å². The number of rotatable bonds is 5. The molecule has 0 aliphatic heterocycles. The second kappa shape index (κ2) is 6.81. The highest BCUT2D eigenvalue weighted by Gasteiger charge is 2.02. The van der Waals surface area contributed by atoms with Gasteiger partial charge >= 0.3 is 0 Å². The van der Waals surface area contributed by atoms with E-state index in [4.69, 9.17) is 0 Å². The van der Waals surface area contributed by atoms with Gasteiger partial charge in [0.25, 0.3) is 0 Å². The number of hydrogen-bond donors (Lipinski definition) is 1. The van der Waals surface area contributed by atoms with Gasteiger partial charge in [0.05, 0.1) is 5.75 Å². The number of hydrogen-bond acceptors (Lipinski definition) is 3. The smallest absolute Gasteiger partial charge is 0.235 e. The second-order valence-corrected chi connectivity index (χ2v) is 4.73. The molecule has 0 aliphatic rings. The molecule has 1 N–H and O–H groups in total. The van der Waals surface area contributed by atoms with Crippen molar-refractivity contribution in [2.24, 2.45) is 0 Å². The molecular formula is C14H14N2OS. The van der Waals surface area contributed by atoms with Crippen LogP contribution in [0.4, 0.5) is 5.82 Å². The summed E-state index contributed by atoms with van der Waals surface area (Å²) in [6.07, 6.45) is 1.66. The maximum atomic E-state index is 11.6. The molecule has 0 fully saturated rings. The normalized spacial score (nSPS) is 10.0. The van der Waals surface area contributed by atoms with Crippen molar-refractivity contribution >= 4 is 23.5 Å². The Kier molecular flexibility index (Phi) is 4.78.